The molecule has 0 bridgehead atoms. The summed E-state index contributed by atoms with van der Waals surface area (Å²) in [6, 6.07) is 11.6. The van der Waals surface area contributed by atoms with E-state index >= 15 is 0 Å². The lowest BCUT2D eigenvalue weighted by atomic mass is 10.1. The molecule has 2 aliphatic carbocycles. The summed E-state index contributed by atoms with van der Waals surface area (Å²) in [6.45, 7) is 3.98. The number of nitrogens with one attached hydrogen (secondary N) is 3. The maximum Gasteiger partial charge on any atom is 0.573 e. The lowest BCUT2D eigenvalue weighted by molar-refractivity contribution is -0.274. The number of nitrogens with zero attached hydrogens (tertiary/aromatic N) is 1. The third-order valence-electron chi connectivity index (χ3n) is 8.32. The summed E-state index contributed by atoms with van der Waals surface area (Å²) in [4.78, 5) is 31.0. The van der Waals surface area contributed by atoms with E-state index in [0.29, 0.717) is 40.6 Å². The van der Waals surface area contributed by atoms with Gasteiger partial charge in [-0.15, -0.1) is 19.8 Å². The number of carbonyl (C=O) groups excluding carboxylic acids is 2. The number of benzene rings is 2. The van der Waals surface area contributed by atoms with Gasteiger partial charge in [-0.05, 0) is 73.2 Å². The number of hydrogen-bond acceptors (Lipinski definition) is 9. The number of aromatic nitrogens is 1. The van der Waals surface area contributed by atoms with Gasteiger partial charge in [0.2, 0.25) is 21.8 Å². The third kappa shape index (κ3) is 6.60. The first kappa shape index (κ1) is 31.6. The standard InChI is InChI=1S/C31H31F3N4O7S/c1-3-19-15-30(19,29(40)38-46(41,42)23-9-10-23)37-27(39)26-14-22(16-35-26)44-28-24-11-8-21(43-2)12-18(24)13-25(36-28)17-4-6-20(7-5-17)45-31(32,33)34/h3-8,11-13,19,22-23,26,35H,1,9-10,14-16H2,2H3,(H,37,39)(H,38,40)/t19-,22?,26+,30-/m1/s1. The van der Waals surface area contributed by atoms with Crippen molar-refractivity contribution < 1.29 is 45.4 Å². The fraction of sp³-hybridized carbons (Fsp3) is 0.387. The first-order chi connectivity index (χ1) is 21.8. The van der Waals surface area contributed by atoms with Gasteiger partial charge in [0.1, 0.15) is 23.1 Å². The molecule has 4 atom stereocenters. The quantitative estimate of drug-likeness (QED) is 0.263. The lowest BCUT2D eigenvalue weighted by Gasteiger charge is -2.21. The molecular weight excluding hydrogens is 629 g/mol. The zero-order valence-corrected chi connectivity index (χ0v) is 25.4. The zero-order valence-electron chi connectivity index (χ0n) is 24.6. The highest BCUT2D eigenvalue weighted by Crippen LogP contribution is 2.45. The van der Waals surface area contributed by atoms with Crippen LogP contribution in [-0.2, 0) is 19.6 Å². The molecular formula is C31H31F3N4O7S. The number of sulfonamides is 1. The molecule has 11 nitrogen and oxygen atoms in total. The van der Waals surface area contributed by atoms with Gasteiger partial charge in [-0.3, -0.25) is 14.3 Å². The Morgan fingerprint density at radius 1 is 1.11 bits per heavy atom. The number of rotatable bonds is 11. The molecule has 3 fully saturated rings. The molecule has 1 aliphatic heterocycles. The van der Waals surface area contributed by atoms with Crippen LogP contribution in [0.5, 0.6) is 17.4 Å². The van der Waals surface area contributed by atoms with Crippen molar-refractivity contribution in [2.45, 2.75) is 55.0 Å². The number of ether oxygens (including phenoxy) is 3. The second-order valence-corrected chi connectivity index (χ2v) is 13.6. The Hall–Kier alpha value is -4.37. The Bertz CT molecular complexity index is 1800. The van der Waals surface area contributed by atoms with E-state index in [0.717, 1.165) is 0 Å². The van der Waals surface area contributed by atoms with Crippen molar-refractivity contribution in [1.82, 2.24) is 20.3 Å². The maximum atomic E-state index is 13.3. The third-order valence-corrected chi connectivity index (χ3v) is 10.1. The Balaban J connectivity index is 1.18. The van der Waals surface area contributed by atoms with Crippen LogP contribution in [0.4, 0.5) is 13.2 Å². The van der Waals surface area contributed by atoms with Crippen LogP contribution in [0.2, 0.25) is 0 Å². The largest absolute Gasteiger partial charge is 0.573 e. The van der Waals surface area contributed by atoms with Crippen LogP contribution in [0, 0.1) is 5.92 Å². The molecule has 2 saturated carbocycles. The normalized spacial score (nSPS) is 24.2. The molecule has 3 N–H and O–H groups in total. The molecule has 15 heteroatoms. The Labute approximate surface area is 262 Å². The van der Waals surface area contributed by atoms with Crippen LogP contribution < -0.4 is 29.6 Å². The number of fused-ring (bicyclic) bond motifs is 1. The van der Waals surface area contributed by atoms with Crippen molar-refractivity contribution in [2.75, 3.05) is 13.7 Å². The minimum atomic E-state index is -4.82. The van der Waals surface area contributed by atoms with Crippen LogP contribution in [0.1, 0.15) is 25.7 Å². The van der Waals surface area contributed by atoms with Gasteiger partial charge in [0, 0.05) is 29.8 Å². The van der Waals surface area contributed by atoms with E-state index in [4.69, 9.17) is 9.47 Å². The van der Waals surface area contributed by atoms with Gasteiger partial charge in [-0.1, -0.05) is 6.08 Å². The van der Waals surface area contributed by atoms with Crippen LogP contribution in [0.3, 0.4) is 0 Å². The van der Waals surface area contributed by atoms with E-state index in [9.17, 15) is 31.2 Å². The Morgan fingerprint density at radius 2 is 1.83 bits per heavy atom. The number of pyridine rings is 1. The summed E-state index contributed by atoms with van der Waals surface area (Å²) in [6.07, 6.45) is -2.38. The van der Waals surface area contributed by atoms with Crippen molar-refractivity contribution in [3.05, 3.63) is 61.2 Å². The van der Waals surface area contributed by atoms with Gasteiger partial charge < -0.3 is 24.8 Å². The van der Waals surface area contributed by atoms with E-state index in [-0.39, 0.29) is 31.0 Å². The van der Waals surface area contributed by atoms with Gasteiger partial charge in [-0.2, -0.15) is 0 Å². The first-order valence-electron chi connectivity index (χ1n) is 14.6. The smallest absolute Gasteiger partial charge is 0.497 e. The molecule has 3 aliphatic rings. The average molecular weight is 661 g/mol. The Morgan fingerprint density at radius 3 is 2.46 bits per heavy atom. The Kier molecular flexibility index (Phi) is 8.09. The highest BCUT2D eigenvalue weighted by molar-refractivity contribution is 7.91. The minimum Gasteiger partial charge on any atom is -0.497 e. The molecule has 0 radical (unpaired) electrons. The van der Waals surface area contributed by atoms with Crippen LogP contribution in [0.15, 0.2) is 61.2 Å². The second-order valence-electron chi connectivity index (χ2n) is 11.6. The van der Waals surface area contributed by atoms with Crippen molar-refractivity contribution in [1.29, 1.82) is 0 Å². The van der Waals surface area contributed by atoms with Crippen molar-refractivity contribution in [3.63, 3.8) is 0 Å². The predicted molar refractivity (Wildman–Crippen MR) is 160 cm³/mol. The molecule has 2 amide bonds. The van der Waals surface area contributed by atoms with Crippen LogP contribution in [-0.4, -0.2) is 68.2 Å². The molecule has 1 aromatic heterocycles. The summed E-state index contributed by atoms with van der Waals surface area (Å²) in [5.41, 5.74) is -0.458. The van der Waals surface area contributed by atoms with Gasteiger partial charge in [0.15, 0.2) is 0 Å². The van der Waals surface area contributed by atoms with E-state index in [1.807, 2.05) is 0 Å². The van der Waals surface area contributed by atoms with Gasteiger partial charge >= 0.3 is 6.36 Å². The summed E-state index contributed by atoms with van der Waals surface area (Å²) in [5, 5.41) is 6.61. The predicted octanol–water partition coefficient (Wildman–Crippen LogP) is 3.59. The SMILES string of the molecule is C=C[C@@H]1C[C@]1(NC(=O)[C@@H]1CC(Oc2nc(-c3ccc(OC(F)(F)F)cc3)cc3cc(OC)ccc23)CN1)C(=O)NS(=O)(=O)C1CC1. The summed E-state index contributed by atoms with van der Waals surface area (Å²) >= 11 is 0. The number of methoxy groups -OCH3 is 1. The molecule has 2 heterocycles. The van der Waals surface area contributed by atoms with Gasteiger partial charge in [-0.25, -0.2) is 13.4 Å². The van der Waals surface area contributed by atoms with Crippen molar-refractivity contribution in [3.8, 4) is 28.6 Å². The average Bonchev–Trinajstić information content (AvgIpc) is 3.93. The molecule has 244 valence electrons. The van der Waals surface area contributed by atoms with E-state index < -0.39 is 57.1 Å². The zero-order chi connectivity index (χ0) is 32.9. The number of amides is 2. The van der Waals surface area contributed by atoms with Gasteiger partial charge in [0.05, 0.1) is 24.1 Å². The monoisotopic (exact) mass is 660 g/mol. The molecule has 1 unspecified atom stereocenters. The lowest BCUT2D eigenvalue weighted by Crippen LogP contribution is -2.55. The number of carbonyl (C=O) groups is 2. The van der Waals surface area contributed by atoms with E-state index in [1.165, 1.54) is 37.5 Å². The first-order valence-corrected chi connectivity index (χ1v) is 16.1. The topological polar surface area (TPSA) is 145 Å². The summed E-state index contributed by atoms with van der Waals surface area (Å²) in [5.74, 6) is -1.22. The fourth-order valence-corrected chi connectivity index (χ4v) is 6.93. The van der Waals surface area contributed by atoms with Crippen molar-refractivity contribution >= 4 is 32.6 Å². The summed E-state index contributed by atoms with van der Waals surface area (Å²) < 4.78 is 80.4. The number of hydrogen-bond donors (Lipinski definition) is 3. The highest BCUT2D eigenvalue weighted by atomic mass is 32.2. The molecule has 0 spiro atoms. The van der Waals surface area contributed by atoms with Crippen LogP contribution in [0.25, 0.3) is 22.0 Å². The van der Waals surface area contributed by atoms with E-state index in [2.05, 4.69) is 31.7 Å². The molecule has 2 aromatic carbocycles. The number of alkyl halides is 3. The molecule has 1 saturated heterocycles. The van der Waals surface area contributed by atoms with Gasteiger partial charge in [0.25, 0.3) is 5.91 Å². The number of halogens is 3. The molecule has 46 heavy (non-hydrogen) atoms. The highest BCUT2D eigenvalue weighted by Gasteiger charge is 2.61. The fourth-order valence-electron chi connectivity index (χ4n) is 5.57. The molecule has 6 rings (SSSR count). The summed E-state index contributed by atoms with van der Waals surface area (Å²) in [7, 11) is -2.28. The van der Waals surface area contributed by atoms with E-state index in [1.54, 1.807) is 24.3 Å². The van der Waals surface area contributed by atoms with Crippen molar-refractivity contribution in [2.24, 2.45) is 5.92 Å². The second kappa shape index (κ2) is 11.8. The maximum absolute atomic E-state index is 13.3. The minimum absolute atomic E-state index is 0.218. The van der Waals surface area contributed by atoms with Crippen LogP contribution >= 0.6 is 0 Å². The molecule has 3 aromatic rings.